The smallest absolute Gasteiger partial charge is 0.170 e. The lowest BCUT2D eigenvalue weighted by atomic mass is 9.87. The summed E-state index contributed by atoms with van der Waals surface area (Å²) in [7, 11) is 3.98. The van der Waals surface area contributed by atoms with Gasteiger partial charge in [-0.3, -0.25) is 0 Å². The first kappa shape index (κ1) is 14.1. The van der Waals surface area contributed by atoms with E-state index in [-0.39, 0.29) is 0 Å². The molecule has 1 N–H and O–H groups in total. The van der Waals surface area contributed by atoms with E-state index in [1.165, 1.54) is 24.0 Å². The number of hydrogen-bond donors (Lipinski definition) is 1. The molecule has 1 atom stereocenters. The second-order valence-electron chi connectivity index (χ2n) is 5.61. The third-order valence-corrected chi connectivity index (χ3v) is 4.33. The molecule has 2 aromatic rings. The van der Waals surface area contributed by atoms with Gasteiger partial charge >= 0.3 is 0 Å². The molecule has 0 saturated heterocycles. The SMILES string of the molecule is CNC1CCCc2ccc(OCc3nnc(C)n3C)cc21. The van der Waals surface area contributed by atoms with Gasteiger partial charge in [-0.05, 0) is 56.5 Å². The van der Waals surface area contributed by atoms with E-state index >= 15 is 0 Å². The van der Waals surface area contributed by atoms with E-state index in [9.17, 15) is 0 Å². The molecule has 1 unspecified atom stereocenters. The summed E-state index contributed by atoms with van der Waals surface area (Å²) < 4.78 is 7.85. The van der Waals surface area contributed by atoms with Crippen LogP contribution in [0.2, 0.25) is 0 Å². The van der Waals surface area contributed by atoms with E-state index < -0.39 is 0 Å². The van der Waals surface area contributed by atoms with Gasteiger partial charge in [-0.25, -0.2) is 0 Å². The molecule has 21 heavy (non-hydrogen) atoms. The fraction of sp³-hybridized carbons (Fsp3) is 0.500. The molecule has 5 heteroatoms. The Morgan fingerprint density at radius 1 is 1.38 bits per heavy atom. The molecule has 5 nitrogen and oxygen atoms in total. The van der Waals surface area contributed by atoms with Gasteiger partial charge in [-0.1, -0.05) is 6.07 Å². The minimum atomic E-state index is 0.439. The highest BCUT2D eigenvalue weighted by Gasteiger charge is 2.19. The molecule has 1 aliphatic rings. The van der Waals surface area contributed by atoms with E-state index in [0.717, 1.165) is 23.8 Å². The summed E-state index contributed by atoms with van der Waals surface area (Å²) in [4.78, 5) is 0. The van der Waals surface area contributed by atoms with Crippen molar-refractivity contribution in [1.29, 1.82) is 0 Å². The Morgan fingerprint density at radius 2 is 2.24 bits per heavy atom. The van der Waals surface area contributed by atoms with Gasteiger partial charge in [0.2, 0.25) is 0 Å². The number of benzene rings is 1. The number of nitrogens with one attached hydrogen (secondary N) is 1. The molecule has 0 amide bonds. The molecule has 0 spiro atoms. The summed E-state index contributed by atoms with van der Waals surface area (Å²) in [5.74, 6) is 2.64. The van der Waals surface area contributed by atoms with Crippen molar-refractivity contribution in [3.05, 3.63) is 41.0 Å². The highest BCUT2D eigenvalue weighted by Crippen LogP contribution is 2.32. The molecule has 0 saturated carbocycles. The van der Waals surface area contributed by atoms with E-state index in [2.05, 4.69) is 33.7 Å². The zero-order valence-electron chi connectivity index (χ0n) is 12.9. The van der Waals surface area contributed by atoms with Crippen LogP contribution in [-0.2, 0) is 20.1 Å². The highest BCUT2D eigenvalue weighted by atomic mass is 16.5. The van der Waals surface area contributed by atoms with Crippen LogP contribution in [0.1, 0.15) is 41.7 Å². The number of fused-ring (bicyclic) bond motifs is 1. The Balaban J connectivity index is 1.76. The number of hydrogen-bond acceptors (Lipinski definition) is 4. The lowest BCUT2D eigenvalue weighted by Crippen LogP contribution is -2.21. The van der Waals surface area contributed by atoms with Crippen molar-refractivity contribution in [3.8, 4) is 5.75 Å². The van der Waals surface area contributed by atoms with E-state index in [0.29, 0.717) is 12.6 Å². The Kier molecular flexibility index (Phi) is 3.92. The minimum Gasteiger partial charge on any atom is -0.486 e. The van der Waals surface area contributed by atoms with Gasteiger partial charge < -0.3 is 14.6 Å². The Hall–Kier alpha value is -1.88. The summed E-state index contributed by atoms with van der Waals surface area (Å²) in [5, 5.41) is 11.6. The third-order valence-electron chi connectivity index (χ3n) is 4.33. The van der Waals surface area contributed by atoms with Crippen LogP contribution in [0.4, 0.5) is 0 Å². The van der Waals surface area contributed by atoms with E-state index in [4.69, 9.17) is 4.74 Å². The van der Waals surface area contributed by atoms with Crippen LogP contribution in [0, 0.1) is 6.92 Å². The summed E-state index contributed by atoms with van der Waals surface area (Å²) in [5.41, 5.74) is 2.80. The summed E-state index contributed by atoms with van der Waals surface area (Å²) >= 11 is 0. The summed E-state index contributed by atoms with van der Waals surface area (Å²) in [6, 6.07) is 6.85. The molecule has 0 bridgehead atoms. The van der Waals surface area contributed by atoms with Crippen molar-refractivity contribution in [2.24, 2.45) is 7.05 Å². The third kappa shape index (κ3) is 2.78. The van der Waals surface area contributed by atoms with Gasteiger partial charge in [0.15, 0.2) is 5.82 Å². The zero-order valence-corrected chi connectivity index (χ0v) is 12.9. The second kappa shape index (κ2) is 5.85. The average Bonchev–Trinajstić information content (AvgIpc) is 2.84. The van der Waals surface area contributed by atoms with Gasteiger partial charge in [0.1, 0.15) is 18.2 Å². The van der Waals surface area contributed by atoms with Crippen LogP contribution in [0.5, 0.6) is 5.75 Å². The van der Waals surface area contributed by atoms with E-state index in [1.807, 2.05) is 25.6 Å². The maximum atomic E-state index is 5.89. The van der Waals surface area contributed by atoms with Gasteiger partial charge in [-0.15, -0.1) is 10.2 Å². The van der Waals surface area contributed by atoms with Gasteiger partial charge in [0.25, 0.3) is 0 Å². The van der Waals surface area contributed by atoms with Crippen LogP contribution >= 0.6 is 0 Å². The van der Waals surface area contributed by atoms with Crippen molar-refractivity contribution in [3.63, 3.8) is 0 Å². The average molecular weight is 286 g/mol. The van der Waals surface area contributed by atoms with Crippen LogP contribution < -0.4 is 10.1 Å². The summed E-state index contributed by atoms with van der Waals surface area (Å²) in [6.45, 7) is 2.38. The molecule has 0 radical (unpaired) electrons. The number of aryl methyl sites for hydroxylation is 2. The molecule has 1 heterocycles. The lowest BCUT2D eigenvalue weighted by molar-refractivity contribution is 0.290. The standard InChI is InChI=1S/C16H22N4O/c1-11-18-19-16(20(11)3)10-21-13-8-7-12-5-4-6-15(17-2)14(12)9-13/h7-9,15,17H,4-6,10H2,1-3H3. The zero-order chi connectivity index (χ0) is 14.8. The van der Waals surface area contributed by atoms with Crippen LogP contribution in [-0.4, -0.2) is 21.8 Å². The Morgan fingerprint density at radius 3 is 2.95 bits per heavy atom. The van der Waals surface area contributed by atoms with Crippen molar-refractivity contribution in [1.82, 2.24) is 20.1 Å². The van der Waals surface area contributed by atoms with Crippen molar-refractivity contribution in [2.45, 2.75) is 38.8 Å². The van der Waals surface area contributed by atoms with Crippen LogP contribution in [0.15, 0.2) is 18.2 Å². The van der Waals surface area contributed by atoms with Crippen LogP contribution in [0.3, 0.4) is 0 Å². The normalized spacial score (nSPS) is 17.6. The Bertz CT molecular complexity index is 635. The maximum absolute atomic E-state index is 5.89. The molecule has 0 fully saturated rings. The quantitative estimate of drug-likeness (QED) is 0.937. The first-order valence-electron chi connectivity index (χ1n) is 7.47. The largest absolute Gasteiger partial charge is 0.486 e. The first-order valence-corrected chi connectivity index (χ1v) is 7.47. The molecule has 1 aromatic heterocycles. The maximum Gasteiger partial charge on any atom is 0.170 e. The fourth-order valence-corrected chi connectivity index (χ4v) is 2.89. The number of ether oxygens (including phenoxy) is 1. The molecule has 3 rings (SSSR count). The molecule has 112 valence electrons. The second-order valence-corrected chi connectivity index (χ2v) is 5.61. The van der Waals surface area contributed by atoms with Gasteiger partial charge in [-0.2, -0.15) is 0 Å². The Labute approximate surface area is 125 Å². The van der Waals surface area contributed by atoms with Gasteiger partial charge in [0, 0.05) is 13.1 Å². The predicted octanol–water partition coefficient (Wildman–Crippen LogP) is 2.30. The number of rotatable bonds is 4. The minimum absolute atomic E-state index is 0.439. The van der Waals surface area contributed by atoms with Crippen LogP contribution in [0.25, 0.3) is 0 Å². The van der Waals surface area contributed by atoms with Crippen molar-refractivity contribution < 1.29 is 4.74 Å². The summed E-state index contributed by atoms with van der Waals surface area (Å²) in [6.07, 6.45) is 3.60. The van der Waals surface area contributed by atoms with Crippen molar-refractivity contribution in [2.75, 3.05) is 7.05 Å². The molecule has 1 aliphatic carbocycles. The first-order chi connectivity index (χ1) is 10.2. The van der Waals surface area contributed by atoms with E-state index in [1.54, 1.807) is 0 Å². The van der Waals surface area contributed by atoms with Crippen molar-refractivity contribution >= 4 is 0 Å². The number of nitrogens with zero attached hydrogens (tertiary/aromatic N) is 3. The lowest BCUT2D eigenvalue weighted by Gasteiger charge is -2.25. The van der Waals surface area contributed by atoms with Gasteiger partial charge in [0.05, 0.1) is 0 Å². The molecular weight excluding hydrogens is 264 g/mol. The number of aromatic nitrogens is 3. The molecular formula is C16H22N4O. The molecule has 0 aliphatic heterocycles. The highest BCUT2D eigenvalue weighted by molar-refractivity contribution is 5.39. The topological polar surface area (TPSA) is 52.0 Å². The monoisotopic (exact) mass is 286 g/mol. The molecule has 1 aromatic carbocycles. The predicted molar refractivity (Wildman–Crippen MR) is 81.3 cm³/mol. The fourth-order valence-electron chi connectivity index (χ4n) is 2.89.